The van der Waals surface area contributed by atoms with Crippen molar-refractivity contribution in [2.24, 2.45) is 5.92 Å². The van der Waals surface area contributed by atoms with Crippen molar-refractivity contribution < 1.29 is 13.2 Å². The Kier molecular flexibility index (Phi) is 3.10. The molecule has 1 aromatic rings. The fraction of sp³-hybridized carbons (Fsp3) is 0.556. The summed E-state index contributed by atoms with van der Waals surface area (Å²) in [5, 5.41) is 1.94. The van der Waals surface area contributed by atoms with Gasteiger partial charge in [-0.15, -0.1) is 11.3 Å². The molecule has 0 saturated carbocycles. The first kappa shape index (κ1) is 11.4. The molecule has 1 fully saturated rings. The molecule has 0 radical (unpaired) electrons. The minimum atomic E-state index is -4.02. The van der Waals surface area contributed by atoms with Crippen LogP contribution in [-0.2, 0) is 6.54 Å². The van der Waals surface area contributed by atoms with Crippen LogP contribution in [0, 0.1) is 5.92 Å². The molecule has 2 rings (SSSR count). The summed E-state index contributed by atoms with van der Waals surface area (Å²) in [7, 11) is 0. The summed E-state index contributed by atoms with van der Waals surface area (Å²) in [6.45, 7) is 0.904. The lowest BCUT2D eigenvalue weighted by molar-refractivity contribution is -0.210. The largest absolute Gasteiger partial charge is 0.394 e. The van der Waals surface area contributed by atoms with Crippen molar-refractivity contribution in [1.29, 1.82) is 0 Å². The summed E-state index contributed by atoms with van der Waals surface area (Å²) in [6, 6.07) is 1.95. The van der Waals surface area contributed by atoms with Gasteiger partial charge in [0.15, 0.2) is 0 Å². The van der Waals surface area contributed by atoms with Crippen molar-refractivity contribution in [3.63, 3.8) is 0 Å². The Balaban J connectivity index is 1.81. The first-order valence-corrected chi connectivity index (χ1v) is 6.14. The molecule has 0 N–H and O–H groups in total. The molecule has 0 unspecified atom stereocenters. The van der Waals surface area contributed by atoms with Crippen LogP contribution >= 0.6 is 27.3 Å². The van der Waals surface area contributed by atoms with Crippen molar-refractivity contribution in [2.45, 2.75) is 12.7 Å². The Morgan fingerprint density at radius 1 is 1.47 bits per heavy atom. The van der Waals surface area contributed by atoms with E-state index < -0.39 is 12.1 Å². The van der Waals surface area contributed by atoms with E-state index in [4.69, 9.17) is 0 Å². The molecule has 2 heterocycles. The molecule has 1 aromatic heterocycles. The minimum absolute atomic E-state index is 0.138. The third-order valence-corrected chi connectivity index (χ3v) is 4.10. The van der Waals surface area contributed by atoms with Crippen LogP contribution in [0.1, 0.15) is 4.88 Å². The van der Waals surface area contributed by atoms with Crippen LogP contribution in [0.2, 0.25) is 0 Å². The van der Waals surface area contributed by atoms with E-state index >= 15 is 0 Å². The predicted molar refractivity (Wildman–Crippen MR) is 56.8 cm³/mol. The smallest absolute Gasteiger partial charge is 0.297 e. The van der Waals surface area contributed by atoms with Gasteiger partial charge in [-0.1, -0.05) is 0 Å². The van der Waals surface area contributed by atoms with Gasteiger partial charge >= 0.3 is 6.18 Å². The molecular formula is C9H9BrF3NS. The third-order valence-electron chi connectivity index (χ3n) is 2.42. The Hall–Kier alpha value is -0.0700. The standard InChI is InChI=1S/C9H9BrF3NS/c10-7-1-8(15-5-7)4-14-2-6(3-14)9(11,12)13/h1,5-6H,2-4H2. The summed E-state index contributed by atoms with van der Waals surface area (Å²) < 4.78 is 37.6. The average molecular weight is 300 g/mol. The average Bonchev–Trinajstić information content (AvgIpc) is 2.40. The number of likely N-dealkylation sites (tertiary alicyclic amines) is 1. The maximum absolute atomic E-state index is 12.2. The fourth-order valence-corrected chi connectivity index (χ4v) is 3.06. The number of hydrogen-bond acceptors (Lipinski definition) is 2. The summed E-state index contributed by atoms with van der Waals surface area (Å²) in [4.78, 5) is 2.92. The molecule has 1 nitrogen and oxygen atoms in total. The van der Waals surface area contributed by atoms with Crippen molar-refractivity contribution >= 4 is 27.3 Å². The molecule has 1 saturated heterocycles. The number of thiophene rings is 1. The van der Waals surface area contributed by atoms with E-state index in [-0.39, 0.29) is 13.1 Å². The number of rotatable bonds is 2. The molecule has 0 amide bonds. The van der Waals surface area contributed by atoms with Crippen LogP contribution in [0.3, 0.4) is 0 Å². The van der Waals surface area contributed by atoms with Crippen LogP contribution in [0.4, 0.5) is 13.2 Å². The van der Waals surface area contributed by atoms with Crippen molar-refractivity contribution in [1.82, 2.24) is 4.90 Å². The van der Waals surface area contributed by atoms with Gasteiger partial charge in [0.1, 0.15) is 0 Å². The maximum atomic E-state index is 12.2. The third kappa shape index (κ3) is 2.73. The molecule has 0 atom stereocenters. The molecule has 0 spiro atoms. The number of halogens is 4. The second-order valence-corrected chi connectivity index (χ2v) is 5.58. The first-order chi connectivity index (χ1) is 6.95. The first-order valence-electron chi connectivity index (χ1n) is 4.47. The number of nitrogens with zero attached hydrogens (tertiary/aromatic N) is 1. The maximum Gasteiger partial charge on any atom is 0.394 e. The van der Waals surface area contributed by atoms with E-state index in [9.17, 15) is 13.2 Å². The second-order valence-electron chi connectivity index (χ2n) is 3.66. The van der Waals surface area contributed by atoms with E-state index in [1.807, 2.05) is 16.3 Å². The van der Waals surface area contributed by atoms with E-state index in [0.29, 0.717) is 6.54 Å². The van der Waals surface area contributed by atoms with Crippen LogP contribution in [0.15, 0.2) is 15.9 Å². The van der Waals surface area contributed by atoms with Crippen LogP contribution in [0.5, 0.6) is 0 Å². The Bertz CT molecular complexity index is 343. The second kappa shape index (κ2) is 4.07. The molecule has 1 aliphatic heterocycles. The Labute approximate surface area is 98.0 Å². The Morgan fingerprint density at radius 2 is 2.13 bits per heavy atom. The quantitative estimate of drug-likeness (QED) is 0.808. The van der Waals surface area contributed by atoms with Crippen molar-refractivity contribution in [3.05, 3.63) is 20.8 Å². The summed E-state index contributed by atoms with van der Waals surface area (Å²) in [5.41, 5.74) is 0. The molecule has 0 aliphatic carbocycles. The lowest BCUT2D eigenvalue weighted by Gasteiger charge is -2.39. The monoisotopic (exact) mass is 299 g/mol. The summed E-state index contributed by atoms with van der Waals surface area (Å²) in [6.07, 6.45) is -4.02. The predicted octanol–water partition coefficient (Wildman–Crippen LogP) is 3.50. The van der Waals surface area contributed by atoms with Gasteiger partial charge in [0.25, 0.3) is 0 Å². The highest BCUT2D eigenvalue weighted by atomic mass is 79.9. The highest BCUT2D eigenvalue weighted by molar-refractivity contribution is 9.10. The van der Waals surface area contributed by atoms with Gasteiger partial charge in [-0.05, 0) is 22.0 Å². The molecule has 0 bridgehead atoms. The van der Waals surface area contributed by atoms with E-state index in [2.05, 4.69) is 15.9 Å². The molecule has 84 valence electrons. The molecule has 6 heteroatoms. The topological polar surface area (TPSA) is 3.24 Å². The SMILES string of the molecule is FC(F)(F)C1CN(Cc2cc(Br)cs2)C1. The summed E-state index contributed by atoms with van der Waals surface area (Å²) in [5.74, 6) is -1.12. The lowest BCUT2D eigenvalue weighted by atomic mass is 10.00. The van der Waals surface area contributed by atoms with Crippen LogP contribution in [0.25, 0.3) is 0 Å². The van der Waals surface area contributed by atoms with Gasteiger partial charge in [0.05, 0.1) is 5.92 Å². The van der Waals surface area contributed by atoms with Crippen LogP contribution in [-0.4, -0.2) is 24.2 Å². The molecule has 15 heavy (non-hydrogen) atoms. The normalized spacial score (nSPS) is 19.2. The Morgan fingerprint density at radius 3 is 2.60 bits per heavy atom. The van der Waals surface area contributed by atoms with E-state index in [1.54, 1.807) is 11.3 Å². The minimum Gasteiger partial charge on any atom is -0.297 e. The highest BCUT2D eigenvalue weighted by Crippen LogP contribution is 2.34. The van der Waals surface area contributed by atoms with Gasteiger partial charge < -0.3 is 0 Å². The molecule has 0 aromatic carbocycles. The molecular weight excluding hydrogens is 291 g/mol. The van der Waals surface area contributed by atoms with Crippen molar-refractivity contribution in [3.8, 4) is 0 Å². The van der Waals surface area contributed by atoms with Gasteiger partial charge in [-0.2, -0.15) is 13.2 Å². The van der Waals surface area contributed by atoms with Gasteiger partial charge in [0.2, 0.25) is 0 Å². The van der Waals surface area contributed by atoms with Crippen LogP contribution < -0.4 is 0 Å². The van der Waals surface area contributed by atoms with Gasteiger partial charge in [-0.3, -0.25) is 4.90 Å². The lowest BCUT2D eigenvalue weighted by Crippen LogP contribution is -2.52. The zero-order chi connectivity index (χ0) is 11.1. The fourth-order valence-electron chi connectivity index (χ4n) is 1.56. The molecule has 1 aliphatic rings. The highest BCUT2D eigenvalue weighted by Gasteiger charge is 2.46. The van der Waals surface area contributed by atoms with E-state index in [0.717, 1.165) is 9.35 Å². The number of hydrogen-bond donors (Lipinski definition) is 0. The van der Waals surface area contributed by atoms with Gasteiger partial charge in [-0.25, -0.2) is 0 Å². The van der Waals surface area contributed by atoms with Crippen molar-refractivity contribution in [2.75, 3.05) is 13.1 Å². The zero-order valence-corrected chi connectivity index (χ0v) is 10.1. The zero-order valence-electron chi connectivity index (χ0n) is 7.72. The van der Waals surface area contributed by atoms with E-state index in [1.165, 1.54) is 0 Å². The summed E-state index contributed by atoms with van der Waals surface area (Å²) >= 11 is 4.88. The van der Waals surface area contributed by atoms with Gasteiger partial charge in [0, 0.05) is 34.4 Å². The number of alkyl halides is 3.